The van der Waals surface area contributed by atoms with E-state index in [1.807, 2.05) is 0 Å². The van der Waals surface area contributed by atoms with Crippen LogP contribution in [0, 0.1) is 5.92 Å². The van der Waals surface area contributed by atoms with Gasteiger partial charge >= 0.3 is 0 Å². The lowest BCUT2D eigenvalue weighted by molar-refractivity contribution is -0.133. The molecule has 0 radical (unpaired) electrons. The van der Waals surface area contributed by atoms with Gasteiger partial charge in [-0.25, -0.2) is 4.98 Å². The fourth-order valence-corrected chi connectivity index (χ4v) is 4.39. The maximum absolute atomic E-state index is 12.6. The van der Waals surface area contributed by atoms with E-state index in [1.54, 1.807) is 17.0 Å². The van der Waals surface area contributed by atoms with Crippen LogP contribution in [0.2, 0.25) is 0 Å². The Bertz CT molecular complexity index is 717. The Kier molecular flexibility index (Phi) is 4.86. The van der Waals surface area contributed by atoms with E-state index in [9.17, 15) is 9.59 Å². The SMILES string of the molecule is CC(C)c1cc(=O)n(CC2CCN(C3CCN(C4CC4)C3=O)CC2)cn1. The average Bonchev–Trinajstić information content (AvgIpc) is 3.40. The van der Waals surface area contributed by atoms with Gasteiger partial charge in [0.1, 0.15) is 0 Å². The predicted molar refractivity (Wildman–Crippen MR) is 100 cm³/mol. The second-order valence-electron chi connectivity index (χ2n) is 8.51. The van der Waals surface area contributed by atoms with Gasteiger partial charge in [0, 0.05) is 25.2 Å². The van der Waals surface area contributed by atoms with Crippen molar-refractivity contribution in [2.75, 3.05) is 19.6 Å². The van der Waals surface area contributed by atoms with E-state index in [-0.39, 0.29) is 17.5 Å². The maximum Gasteiger partial charge on any atom is 0.253 e. The number of hydrogen-bond acceptors (Lipinski definition) is 4. The second kappa shape index (κ2) is 7.14. The molecule has 142 valence electrons. The lowest BCUT2D eigenvalue weighted by Gasteiger charge is -2.35. The number of nitrogens with zero attached hydrogens (tertiary/aromatic N) is 4. The number of piperidine rings is 1. The highest BCUT2D eigenvalue weighted by Crippen LogP contribution is 2.33. The van der Waals surface area contributed by atoms with Gasteiger partial charge in [-0.15, -0.1) is 0 Å². The lowest BCUT2D eigenvalue weighted by Crippen LogP contribution is -2.46. The van der Waals surface area contributed by atoms with E-state index < -0.39 is 0 Å². The summed E-state index contributed by atoms with van der Waals surface area (Å²) in [6.45, 7) is 7.72. The highest BCUT2D eigenvalue weighted by molar-refractivity contribution is 5.84. The summed E-state index contributed by atoms with van der Waals surface area (Å²) in [5.74, 6) is 1.13. The van der Waals surface area contributed by atoms with Crippen LogP contribution < -0.4 is 5.56 Å². The van der Waals surface area contributed by atoms with Gasteiger partial charge in [0.2, 0.25) is 5.91 Å². The van der Waals surface area contributed by atoms with Crippen molar-refractivity contribution in [2.45, 2.75) is 70.5 Å². The van der Waals surface area contributed by atoms with E-state index in [0.29, 0.717) is 17.9 Å². The molecule has 1 unspecified atom stereocenters. The fourth-order valence-electron chi connectivity index (χ4n) is 4.39. The molecule has 6 heteroatoms. The molecule has 3 heterocycles. The zero-order valence-electron chi connectivity index (χ0n) is 15.9. The molecule has 4 rings (SSSR count). The van der Waals surface area contributed by atoms with E-state index in [4.69, 9.17) is 0 Å². The molecule has 3 aliphatic rings. The first-order valence-corrected chi connectivity index (χ1v) is 10.1. The Labute approximate surface area is 155 Å². The standard InChI is InChI=1S/C20H30N4O2/c1-14(2)17-11-19(25)23(13-21-17)12-15-5-8-22(9-6-15)18-7-10-24(20(18)26)16-3-4-16/h11,13-16,18H,3-10,12H2,1-2H3. The molecule has 0 bridgehead atoms. The first-order valence-electron chi connectivity index (χ1n) is 10.1. The van der Waals surface area contributed by atoms with Crippen molar-refractivity contribution in [3.05, 3.63) is 28.4 Å². The van der Waals surface area contributed by atoms with Crippen molar-refractivity contribution < 1.29 is 4.79 Å². The molecule has 1 aromatic rings. The number of aromatic nitrogens is 2. The number of rotatable bonds is 5. The normalized spacial score (nSPS) is 25.4. The minimum atomic E-state index is 0.0529. The lowest BCUT2D eigenvalue weighted by atomic mass is 9.95. The highest BCUT2D eigenvalue weighted by Gasteiger charge is 2.43. The molecule has 0 spiro atoms. The molecule has 2 aliphatic heterocycles. The minimum Gasteiger partial charge on any atom is -0.338 e. The molecule has 1 atom stereocenters. The van der Waals surface area contributed by atoms with E-state index >= 15 is 0 Å². The van der Waals surface area contributed by atoms with Crippen LogP contribution in [-0.4, -0.2) is 57.0 Å². The van der Waals surface area contributed by atoms with Crippen molar-refractivity contribution >= 4 is 5.91 Å². The first kappa shape index (κ1) is 17.7. The van der Waals surface area contributed by atoms with Crippen LogP contribution in [-0.2, 0) is 11.3 Å². The van der Waals surface area contributed by atoms with Gasteiger partial charge in [0.25, 0.3) is 5.56 Å². The summed E-state index contributed by atoms with van der Waals surface area (Å²) in [7, 11) is 0. The van der Waals surface area contributed by atoms with E-state index in [2.05, 4.69) is 28.6 Å². The Morgan fingerprint density at radius 3 is 2.42 bits per heavy atom. The van der Waals surface area contributed by atoms with Crippen molar-refractivity contribution in [1.29, 1.82) is 0 Å². The van der Waals surface area contributed by atoms with Crippen molar-refractivity contribution in [3.63, 3.8) is 0 Å². The summed E-state index contributed by atoms with van der Waals surface area (Å²) in [4.78, 5) is 33.8. The van der Waals surface area contributed by atoms with Crippen molar-refractivity contribution in [1.82, 2.24) is 19.4 Å². The van der Waals surface area contributed by atoms with Gasteiger partial charge in [0.05, 0.1) is 18.1 Å². The van der Waals surface area contributed by atoms with Crippen LogP contribution in [0.5, 0.6) is 0 Å². The third-order valence-electron chi connectivity index (χ3n) is 6.24. The molecule has 6 nitrogen and oxygen atoms in total. The number of amides is 1. The summed E-state index contributed by atoms with van der Waals surface area (Å²) in [6.07, 6.45) is 7.17. The Morgan fingerprint density at radius 2 is 1.81 bits per heavy atom. The smallest absolute Gasteiger partial charge is 0.253 e. The Balaban J connectivity index is 1.31. The number of carbonyl (C=O) groups is 1. The summed E-state index contributed by atoms with van der Waals surface area (Å²) in [5, 5.41) is 0. The van der Waals surface area contributed by atoms with Crippen LogP contribution in [0.15, 0.2) is 17.2 Å². The molecular weight excluding hydrogens is 328 g/mol. The molecule has 1 amide bonds. The van der Waals surface area contributed by atoms with Gasteiger partial charge < -0.3 is 4.90 Å². The molecule has 1 aromatic heterocycles. The molecule has 1 saturated carbocycles. The Hall–Kier alpha value is -1.69. The average molecular weight is 358 g/mol. The second-order valence-corrected chi connectivity index (χ2v) is 8.51. The summed E-state index contributed by atoms with van der Waals surface area (Å²) in [6, 6.07) is 2.31. The van der Waals surface area contributed by atoms with Crippen LogP contribution >= 0.6 is 0 Å². The number of hydrogen-bond donors (Lipinski definition) is 0. The van der Waals surface area contributed by atoms with Crippen molar-refractivity contribution in [2.24, 2.45) is 5.92 Å². The summed E-state index contributed by atoms with van der Waals surface area (Å²) >= 11 is 0. The summed E-state index contributed by atoms with van der Waals surface area (Å²) < 4.78 is 1.75. The fraction of sp³-hybridized carbons (Fsp3) is 0.750. The molecule has 26 heavy (non-hydrogen) atoms. The van der Waals surface area contributed by atoms with Gasteiger partial charge in [0.15, 0.2) is 0 Å². The van der Waals surface area contributed by atoms with Crippen LogP contribution in [0.25, 0.3) is 0 Å². The third kappa shape index (κ3) is 3.56. The molecule has 3 fully saturated rings. The minimum absolute atomic E-state index is 0.0529. The molecule has 1 aliphatic carbocycles. The quantitative estimate of drug-likeness (QED) is 0.806. The van der Waals surface area contributed by atoms with Gasteiger partial charge in [-0.3, -0.25) is 19.1 Å². The monoisotopic (exact) mass is 358 g/mol. The van der Waals surface area contributed by atoms with Crippen LogP contribution in [0.3, 0.4) is 0 Å². The van der Waals surface area contributed by atoms with Crippen molar-refractivity contribution in [3.8, 4) is 0 Å². The molecule has 0 N–H and O–H groups in total. The number of likely N-dealkylation sites (tertiary alicyclic amines) is 2. The largest absolute Gasteiger partial charge is 0.338 e. The van der Waals surface area contributed by atoms with E-state index in [0.717, 1.165) is 51.1 Å². The van der Waals surface area contributed by atoms with Gasteiger partial charge in [-0.05, 0) is 57.0 Å². The third-order valence-corrected chi connectivity index (χ3v) is 6.24. The van der Waals surface area contributed by atoms with Crippen LogP contribution in [0.4, 0.5) is 0 Å². The zero-order valence-corrected chi connectivity index (χ0v) is 15.9. The zero-order chi connectivity index (χ0) is 18.3. The molecular formula is C20H30N4O2. The topological polar surface area (TPSA) is 58.4 Å². The molecule has 2 saturated heterocycles. The Morgan fingerprint density at radius 1 is 1.08 bits per heavy atom. The predicted octanol–water partition coefficient (Wildman–Crippen LogP) is 1.84. The molecule has 0 aromatic carbocycles. The van der Waals surface area contributed by atoms with Crippen LogP contribution in [0.1, 0.15) is 57.6 Å². The van der Waals surface area contributed by atoms with Gasteiger partial charge in [-0.1, -0.05) is 13.8 Å². The van der Waals surface area contributed by atoms with Gasteiger partial charge in [-0.2, -0.15) is 0 Å². The highest BCUT2D eigenvalue weighted by atomic mass is 16.2. The summed E-state index contributed by atoms with van der Waals surface area (Å²) in [5.41, 5.74) is 0.915. The number of carbonyl (C=O) groups excluding carboxylic acids is 1. The maximum atomic E-state index is 12.6. The first-order chi connectivity index (χ1) is 12.5. The van der Waals surface area contributed by atoms with E-state index in [1.165, 1.54) is 12.8 Å².